The van der Waals surface area contributed by atoms with Crippen LogP contribution in [0.2, 0.25) is 0 Å². The van der Waals surface area contributed by atoms with Gasteiger partial charge in [-0.25, -0.2) is 4.39 Å². The van der Waals surface area contributed by atoms with Gasteiger partial charge in [0.05, 0.1) is 6.54 Å². The highest BCUT2D eigenvalue weighted by molar-refractivity contribution is 5.81. The van der Waals surface area contributed by atoms with Crippen LogP contribution in [-0.2, 0) is 4.79 Å². The van der Waals surface area contributed by atoms with E-state index in [2.05, 4.69) is 15.6 Å². The van der Waals surface area contributed by atoms with Gasteiger partial charge in [-0.05, 0) is 50.5 Å². The van der Waals surface area contributed by atoms with Gasteiger partial charge in [-0.3, -0.25) is 9.79 Å². The van der Waals surface area contributed by atoms with Gasteiger partial charge in [-0.1, -0.05) is 19.3 Å². The second-order valence-corrected chi connectivity index (χ2v) is 8.39. The number of ether oxygens (including phenoxy) is 1. The summed E-state index contributed by atoms with van der Waals surface area (Å²) < 4.78 is 18.4. The van der Waals surface area contributed by atoms with Crippen LogP contribution in [0.5, 0.6) is 5.75 Å². The summed E-state index contributed by atoms with van der Waals surface area (Å²) in [5, 5.41) is 16.8. The minimum Gasteiger partial charge on any atom is -0.491 e. The molecule has 2 atom stereocenters. The third-order valence-corrected chi connectivity index (χ3v) is 5.86. The van der Waals surface area contributed by atoms with Crippen molar-refractivity contribution in [2.45, 2.75) is 57.6 Å². The van der Waals surface area contributed by atoms with Crippen molar-refractivity contribution in [2.75, 3.05) is 32.8 Å². The van der Waals surface area contributed by atoms with Crippen LogP contribution in [0.1, 0.15) is 45.4 Å². The Balaban J connectivity index is 1.44. The molecule has 1 aromatic rings. The fourth-order valence-electron chi connectivity index (χ4n) is 4.17. The number of aliphatic hydroxyl groups is 1. The van der Waals surface area contributed by atoms with E-state index in [0.29, 0.717) is 30.7 Å². The number of guanidine groups is 1. The zero-order valence-corrected chi connectivity index (χ0v) is 18.4. The Kier molecular flexibility index (Phi) is 8.94. The number of hydrogen-bond acceptors (Lipinski definition) is 4. The number of carbonyl (C=O) groups is 1. The molecule has 7 nitrogen and oxygen atoms in total. The molecule has 2 aliphatic rings. The van der Waals surface area contributed by atoms with Gasteiger partial charge in [0.25, 0.3) is 0 Å². The number of nitrogens with one attached hydrogen (secondary N) is 2. The molecule has 0 radical (unpaired) electrons. The average molecular weight is 435 g/mol. The average Bonchev–Trinajstić information content (AvgIpc) is 3.26. The molecule has 0 bridgehead atoms. The van der Waals surface area contributed by atoms with Crippen LogP contribution in [-0.4, -0.2) is 66.8 Å². The topological polar surface area (TPSA) is 86.2 Å². The maximum Gasteiger partial charge on any atom is 0.225 e. The van der Waals surface area contributed by atoms with Gasteiger partial charge in [-0.15, -0.1) is 0 Å². The quantitative estimate of drug-likeness (QED) is 0.432. The maximum absolute atomic E-state index is 12.9. The van der Waals surface area contributed by atoms with Crippen LogP contribution >= 0.6 is 0 Å². The van der Waals surface area contributed by atoms with Crippen molar-refractivity contribution in [1.82, 2.24) is 15.5 Å². The zero-order chi connectivity index (χ0) is 22.1. The molecular weight excluding hydrogens is 399 g/mol. The number of amides is 1. The fraction of sp³-hybridized carbons (Fsp3) is 0.652. The Bertz CT molecular complexity index is 722. The van der Waals surface area contributed by atoms with Gasteiger partial charge >= 0.3 is 0 Å². The molecule has 1 amide bonds. The SMILES string of the molecule is CCNC(=NCC(O)COc1ccc(F)cc1)NC1CCN(C(=O)C2CCCCC2)C1. The fourth-order valence-corrected chi connectivity index (χ4v) is 4.17. The Hall–Kier alpha value is -2.35. The molecule has 3 N–H and O–H groups in total. The minimum atomic E-state index is -0.784. The molecule has 1 aromatic carbocycles. The van der Waals surface area contributed by atoms with Gasteiger partial charge in [0.1, 0.15) is 24.3 Å². The van der Waals surface area contributed by atoms with Crippen molar-refractivity contribution in [3.63, 3.8) is 0 Å². The van der Waals surface area contributed by atoms with Crippen molar-refractivity contribution < 1.29 is 19.0 Å². The predicted molar refractivity (Wildman–Crippen MR) is 119 cm³/mol. The van der Waals surface area contributed by atoms with Crippen molar-refractivity contribution in [3.05, 3.63) is 30.1 Å². The van der Waals surface area contributed by atoms with Crippen LogP contribution in [0.15, 0.2) is 29.3 Å². The van der Waals surface area contributed by atoms with E-state index in [1.807, 2.05) is 11.8 Å². The van der Waals surface area contributed by atoms with Crippen LogP contribution in [0, 0.1) is 11.7 Å². The van der Waals surface area contributed by atoms with Crippen molar-refractivity contribution in [2.24, 2.45) is 10.9 Å². The minimum absolute atomic E-state index is 0.0711. The van der Waals surface area contributed by atoms with Crippen molar-refractivity contribution in [3.8, 4) is 5.75 Å². The normalized spacial score (nSPS) is 21.1. The van der Waals surface area contributed by atoms with E-state index < -0.39 is 6.10 Å². The number of nitrogens with zero attached hydrogens (tertiary/aromatic N) is 2. The van der Waals surface area contributed by atoms with E-state index >= 15 is 0 Å². The predicted octanol–water partition coefficient (Wildman–Crippen LogP) is 2.30. The third kappa shape index (κ3) is 7.38. The summed E-state index contributed by atoms with van der Waals surface area (Å²) in [6, 6.07) is 5.83. The summed E-state index contributed by atoms with van der Waals surface area (Å²) in [5.41, 5.74) is 0. The van der Waals surface area contributed by atoms with Crippen molar-refractivity contribution >= 4 is 11.9 Å². The second-order valence-electron chi connectivity index (χ2n) is 8.39. The standard InChI is InChI=1S/C23H35FN4O3/c1-2-25-23(26-14-20(29)16-31-21-10-8-18(24)9-11-21)27-19-12-13-28(15-19)22(30)17-6-4-3-5-7-17/h8-11,17,19-20,29H,2-7,12-16H2,1H3,(H2,25,26,27). The van der Waals surface area contributed by atoms with E-state index in [4.69, 9.17) is 4.74 Å². The molecule has 8 heteroatoms. The van der Waals surface area contributed by atoms with Gasteiger partial charge < -0.3 is 25.4 Å². The first-order valence-corrected chi connectivity index (χ1v) is 11.4. The maximum atomic E-state index is 12.9. The van der Waals surface area contributed by atoms with Crippen LogP contribution in [0.4, 0.5) is 4.39 Å². The highest BCUT2D eigenvalue weighted by atomic mass is 19.1. The Morgan fingerprint density at radius 2 is 2.00 bits per heavy atom. The zero-order valence-electron chi connectivity index (χ0n) is 18.4. The lowest BCUT2D eigenvalue weighted by Crippen LogP contribution is -2.46. The molecule has 1 saturated heterocycles. The molecule has 1 aliphatic heterocycles. The first-order valence-electron chi connectivity index (χ1n) is 11.4. The third-order valence-electron chi connectivity index (χ3n) is 5.86. The summed E-state index contributed by atoms with van der Waals surface area (Å²) >= 11 is 0. The summed E-state index contributed by atoms with van der Waals surface area (Å²) in [5.74, 6) is 1.30. The highest BCUT2D eigenvalue weighted by Crippen LogP contribution is 2.26. The Labute approximate surface area is 184 Å². The highest BCUT2D eigenvalue weighted by Gasteiger charge is 2.31. The summed E-state index contributed by atoms with van der Waals surface area (Å²) in [4.78, 5) is 19.2. The van der Waals surface area contributed by atoms with E-state index in [-0.39, 0.29) is 30.9 Å². The molecule has 0 spiro atoms. The first kappa shape index (κ1) is 23.3. The summed E-state index contributed by atoms with van der Waals surface area (Å²) in [6.07, 6.45) is 5.72. The number of aliphatic hydroxyl groups excluding tert-OH is 1. The largest absolute Gasteiger partial charge is 0.491 e. The monoisotopic (exact) mass is 434 g/mol. The second kappa shape index (κ2) is 11.9. The van der Waals surface area contributed by atoms with Crippen LogP contribution in [0.3, 0.4) is 0 Å². The van der Waals surface area contributed by atoms with Gasteiger partial charge in [-0.2, -0.15) is 0 Å². The number of likely N-dealkylation sites (tertiary alicyclic amines) is 1. The first-order chi connectivity index (χ1) is 15.0. The Morgan fingerprint density at radius 3 is 2.71 bits per heavy atom. The van der Waals surface area contributed by atoms with Crippen LogP contribution in [0.25, 0.3) is 0 Å². The number of halogens is 1. The lowest BCUT2D eigenvalue weighted by Gasteiger charge is -2.26. The summed E-state index contributed by atoms with van der Waals surface area (Å²) in [6.45, 7) is 4.40. The summed E-state index contributed by atoms with van der Waals surface area (Å²) in [7, 11) is 0. The van der Waals surface area contributed by atoms with Gasteiger partial charge in [0, 0.05) is 31.6 Å². The van der Waals surface area contributed by atoms with E-state index in [9.17, 15) is 14.3 Å². The van der Waals surface area contributed by atoms with E-state index in [1.165, 1.54) is 30.7 Å². The molecule has 172 valence electrons. The molecule has 2 unspecified atom stereocenters. The molecule has 3 rings (SSSR count). The van der Waals surface area contributed by atoms with E-state index in [1.54, 1.807) is 0 Å². The number of hydrogen-bond donors (Lipinski definition) is 3. The molecule has 1 heterocycles. The molecule has 0 aromatic heterocycles. The van der Waals surface area contributed by atoms with E-state index in [0.717, 1.165) is 38.6 Å². The number of carbonyl (C=O) groups excluding carboxylic acids is 1. The molecule has 1 aliphatic carbocycles. The van der Waals surface area contributed by atoms with Crippen LogP contribution < -0.4 is 15.4 Å². The lowest BCUT2D eigenvalue weighted by molar-refractivity contribution is -0.135. The smallest absolute Gasteiger partial charge is 0.225 e. The van der Waals surface area contributed by atoms with Crippen molar-refractivity contribution in [1.29, 1.82) is 0 Å². The molecular formula is C23H35FN4O3. The lowest BCUT2D eigenvalue weighted by atomic mass is 9.88. The van der Waals surface area contributed by atoms with Gasteiger partial charge in [0.2, 0.25) is 5.91 Å². The molecule has 2 fully saturated rings. The number of aliphatic imine (C=N–C) groups is 1. The Morgan fingerprint density at radius 1 is 1.26 bits per heavy atom. The van der Waals surface area contributed by atoms with Gasteiger partial charge in [0.15, 0.2) is 5.96 Å². The number of rotatable bonds is 8. The molecule has 31 heavy (non-hydrogen) atoms. The molecule has 1 saturated carbocycles. The number of benzene rings is 1.